The molecule has 1 atom stereocenters. The summed E-state index contributed by atoms with van der Waals surface area (Å²) in [5.74, 6) is 2.77. The van der Waals surface area contributed by atoms with Gasteiger partial charge in [0.05, 0.1) is 0 Å². The summed E-state index contributed by atoms with van der Waals surface area (Å²) in [4.78, 5) is 0. The third kappa shape index (κ3) is 2.78. The molecule has 0 spiro atoms. The van der Waals surface area contributed by atoms with E-state index in [1.165, 1.54) is 31.2 Å². The van der Waals surface area contributed by atoms with E-state index in [1.54, 1.807) is 0 Å². The smallest absolute Gasteiger partial charge is 0.231 e. The molecule has 3 rings (SSSR count). The Morgan fingerprint density at radius 1 is 1.28 bits per heavy atom. The van der Waals surface area contributed by atoms with Gasteiger partial charge in [-0.05, 0) is 49.9 Å². The maximum Gasteiger partial charge on any atom is 0.231 e. The Morgan fingerprint density at radius 2 is 2.11 bits per heavy atom. The van der Waals surface area contributed by atoms with Crippen molar-refractivity contribution in [3.05, 3.63) is 23.8 Å². The molecule has 0 saturated heterocycles. The van der Waals surface area contributed by atoms with Gasteiger partial charge in [-0.25, -0.2) is 0 Å². The van der Waals surface area contributed by atoms with Gasteiger partial charge in [0.15, 0.2) is 11.5 Å². The first-order chi connectivity index (χ1) is 8.83. The molecule has 3 heteroatoms. The fourth-order valence-corrected chi connectivity index (χ4v) is 2.42. The van der Waals surface area contributed by atoms with E-state index in [2.05, 4.69) is 24.4 Å². The molecule has 1 fully saturated rings. The second-order valence-corrected chi connectivity index (χ2v) is 5.37. The van der Waals surface area contributed by atoms with Crippen LogP contribution in [0.3, 0.4) is 0 Å². The van der Waals surface area contributed by atoms with Gasteiger partial charge in [0.1, 0.15) is 0 Å². The lowest BCUT2D eigenvalue weighted by Gasteiger charge is -2.14. The van der Waals surface area contributed by atoms with Gasteiger partial charge in [-0.3, -0.25) is 0 Å². The average molecular weight is 247 g/mol. The molecule has 1 aliphatic carbocycles. The highest BCUT2D eigenvalue weighted by atomic mass is 16.7. The zero-order chi connectivity index (χ0) is 12.4. The van der Waals surface area contributed by atoms with Crippen LogP contribution in [-0.2, 0) is 0 Å². The summed E-state index contributed by atoms with van der Waals surface area (Å²) in [6.07, 6.45) is 5.59. The average Bonchev–Trinajstić information content (AvgIpc) is 3.09. The Morgan fingerprint density at radius 3 is 2.94 bits per heavy atom. The Kier molecular flexibility index (Phi) is 3.41. The number of hydrogen-bond acceptors (Lipinski definition) is 3. The van der Waals surface area contributed by atoms with Gasteiger partial charge in [0.2, 0.25) is 6.79 Å². The van der Waals surface area contributed by atoms with E-state index in [1.807, 2.05) is 6.07 Å². The minimum absolute atomic E-state index is 0.349. The molecular formula is C15H21NO2. The Labute approximate surface area is 108 Å². The van der Waals surface area contributed by atoms with E-state index in [9.17, 15) is 0 Å². The van der Waals surface area contributed by atoms with Gasteiger partial charge in [-0.1, -0.05) is 18.9 Å². The van der Waals surface area contributed by atoms with Gasteiger partial charge >= 0.3 is 0 Å². The summed E-state index contributed by atoms with van der Waals surface area (Å²) < 4.78 is 10.7. The maximum atomic E-state index is 5.40. The highest BCUT2D eigenvalue weighted by Crippen LogP contribution is 2.34. The van der Waals surface area contributed by atoms with Crippen LogP contribution in [0, 0.1) is 5.92 Å². The molecule has 0 amide bonds. The molecule has 1 heterocycles. The van der Waals surface area contributed by atoms with Gasteiger partial charge in [-0.15, -0.1) is 0 Å². The lowest BCUT2D eigenvalue weighted by atomic mass is 10.1. The van der Waals surface area contributed by atoms with E-state index in [0.29, 0.717) is 12.8 Å². The normalized spacial score (nSPS) is 18.9. The number of nitrogens with one attached hydrogen (secondary N) is 1. The first-order valence-electron chi connectivity index (χ1n) is 6.96. The van der Waals surface area contributed by atoms with Crippen molar-refractivity contribution >= 4 is 0 Å². The van der Waals surface area contributed by atoms with Crippen molar-refractivity contribution in [2.75, 3.05) is 13.3 Å². The van der Waals surface area contributed by atoms with Crippen LogP contribution in [0.5, 0.6) is 11.5 Å². The van der Waals surface area contributed by atoms with Gasteiger partial charge < -0.3 is 14.8 Å². The van der Waals surface area contributed by atoms with Crippen LogP contribution in [-0.4, -0.2) is 13.3 Å². The number of benzene rings is 1. The summed E-state index contributed by atoms with van der Waals surface area (Å²) in [6, 6.07) is 6.58. The molecule has 1 N–H and O–H groups in total. The van der Waals surface area contributed by atoms with E-state index < -0.39 is 0 Å². The lowest BCUT2D eigenvalue weighted by molar-refractivity contribution is 0.174. The molecule has 0 aromatic heterocycles. The topological polar surface area (TPSA) is 30.5 Å². The highest BCUT2D eigenvalue weighted by Gasteiger charge is 2.20. The molecule has 1 aromatic carbocycles. The second-order valence-electron chi connectivity index (χ2n) is 5.37. The van der Waals surface area contributed by atoms with Crippen molar-refractivity contribution in [2.24, 2.45) is 5.92 Å². The minimum Gasteiger partial charge on any atom is -0.454 e. The van der Waals surface area contributed by atoms with E-state index in [0.717, 1.165) is 24.0 Å². The predicted octanol–water partition coefficient (Wildman–Crippen LogP) is 3.26. The summed E-state index contributed by atoms with van der Waals surface area (Å²) in [7, 11) is 0. The largest absolute Gasteiger partial charge is 0.454 e. The van der Waals surface area contributed by atoms with Crippen LogP contribution in [0.15, 0.2) is 18.2 Å². The zero-order valence-electron chi connectivity index (χ0n) is 10.9. The summed E-state index contributed by atoms with van der Waals surface area (Å²) >= 11 is 0. The standard InChI is InChI=1S/C15H21NO2/c1-11(16-8-2-3-12-4-5-12)13-6-7-14-15(9-13)18-10-17-14/h6-7,9,11-12,16H,2-5,8,10H2,1H3. The molecular weight excluding hydrogens is 226 g/mol. The van der Waals surface area contributed by atoms with E-state index in [4.69, 9.17) is 9.47 Å². The Hall–Kier alpha value is -1.22. The van der Waals surface area contributed by atoms with Crippen LogP contribution in [0.25, 0.3) is 0 Å². The number of ether oxygens (including phenoxy) is 2. The summed E-state index contributed by atoms with van der Waals surface area (Å²) in [6.45, 7) is 3.66. The molecule has 0 radical (unpaired) electrons. The number of rotatable bonds is 6. The van der Waals surface area contributed by atoms with Crippen LogP contribution in [0.1, 0.15) is 44.2 Å². The third-order valence-electron chi connectivity index (χ3n) is 3.83. The lowest BCUT2D eigenvalue weighted by Crippen LogP contribution is -2.19. The fraction of sp³-hybridized carbons (Fsp3) is 0.600. The van der Waals surface area contributed by atoms with Crippen molar-refractivity contribution in [3.63, 3.8) is 0 Å². The van der Waals surface area contributed by atoms with Gasteiger partial charge in [-0.2, -0.15) is 0 Å². The monoisotopic (exact) mass is 247 g/mol. The minimum atomic E-state index is 0.349. The first kappa shape index (κ1) is 11.8. The second kappa shape index (κ2) is 5.19. The molecule has 1 unspecified atom stereocenters. The quantitative estimate of drug-likeness (QED) is 0.783. The molecule has 1 saturated carbocycles. The zero-order valence-corrected chi connectivity index (χ0v) is 10.9. The molecule has 98 valence electrons. The number of hydrogen-bond donors (Lipinski definition) is 1. The Balaban J connectivity index is 1.49. The van der Waals surface area contributed by atoms with E-state index in [-0.39, 0.29) is 0 Å². The van der Waals surface area contributed by atoms with Crippen molar-refractivity contribution < 1.29 is 9.47 Å². The fourth-order valence-electron chi connectivity index (χ4n) is 2.42. The van der Waals surface area contributed by atoms with Crippen molar-refractivity contribution in [1.82, 2.24) is 5.32 Å². The molecule has 2 aliphatic rings. The van der Waals surface area contributed by atoms with Crippen LogP contribution >= 0.6 is 0 Å². The third-order valence-corrected chi connectivity index (χ3v) is 3.83. The van der Waals surface area contributed by atoms with Crippen molar-refractivity contribution in [3.8, 4) is 11.5 Å². The molecule has 3 nitrogen and oxygen atoms in total. The predicted molar refractivity (Wildman–Crippen MR) is 70.9 cm³/mol. The van der Waals surface area contributed by atoms with E-state index >= 15 is 0 Å². The molecule has 1 aromatic rings. The van der Waals surface area contributed by atoms with Crippen LogP contribution < -0.4 is 14.8 Å². The highest BCUT2D eigenvalue weighted by molar-refractivity contribution is 5.45. The summed E-state index contributed by atoms with van der Waals surface area (Å²) in [5.41, 5.74) is 1.27. The van der Waals surface area contributed by atoms with Crippen molar-refractivity contribution in [2.45, 2.75) is 38.6 Å². The molecule has 18 heavy (non-hydrogen) atoms. The van der Waals surface area contributed by atoms with Crippen molar-refractivity contribution in [1.29, 1.82) is 0 Å². The SMILES string of the molecule is CC(NCCCC1CC1)c1ccc2c(c1)OCO2. The number of fused-ring (bicyclic) bond motifs is 1. The van der Waals surface area contributed by atoms with Crippen LogP contribution in [0.2, 0.25) is 0 Å². The molecule has 0 bridgehead atoms. The van der Waals surface area contributed by atoms with Gasteiger partial charge in [0, 0.05) is 6.04 Å². The first-order valence-corrected chi connectivity index (χ1v) is 6.96. The Bertz CT molecular complexity index is 415. The van der Waals surface area contributed by atoms with Gasteiger partial charge in [0.25, 0.3) is 0 Å². The summed E-state index contributed by atoms with van der Waals surface area (Å²) in [5, 5.41) is 3.58. The maximum absolute atomic E-state index is 5.40. The van der Waals surface area contributed by atoms with Crippen LogP contribution in [0.4, 0.5) is 0 Å². The molecule has 1 aliphatic heterocycles.